The van der Waals surface area contributed by atoms with Gasteiger partial charge in [0.15, 0.2) is 0 Å². The van der Waals surface area contributed by atoms with Crippen molar-refractivity contribution in [1.29, 1.82) is 0 Å². The highest BCUT2D eigenvalue weighted by Gasteiger charge is 2.04. The van der Waals surface area contributed by atoms with Gasteiger partial charge >= 0.3 is 0 Å². The van der Waals surface area contributed by atoms with E-state index in [4.69, 9.17) is 0 Å². The highest BCUT2D eigenvalue weighted by atomic mass is 32.1. The van der Waals surface area contributed by atoms with Crippen molar-refractivity contribution in [2.24, 2.45) is 5.92 Å². The van der Waals surface area contributed by atoms with Crippen LogP contribution in [0.2, 0.25) is 0 Å². The van der Waals surface area contributed by atoms with E-state index in [2.05, 4.69) is 10.3 Å². The maximum Gasteiger partial charge on any atom is 0.220 e. The lowest BCUT2D eigenvalue weighted by Crippen LogP contribution is -2.23. The predicted octanol–water partition coefficient (Wildman–Crippen LogP) is 1.81. The maximum atomic E-state index is 11.2. The fourth-order valence-electron chi connectivity index (χ4n) is 0.957. The zero-order valence-electron chi connectivity index (χ0n) is 7.91. The lowest BCUT2D eigenvalue weighted by Gasteiger charge is -2.04. The van der Waals surface area contributed by atoms with Crippen LogP contribution in [0.3, 0.4) is 0 Å². The molecule has 13 heavy (non-hydrogen) atoms. The Morgan fingerprint density at radius 3 is 3.00 bits per heavy atom. The minimum Gasteiger partial charge on any atom is -0.350 e. The predicted molar refractivity (Wildman–Crippen MR) is 53.4 cm³/mol. The number of carbonyl (C=O) groups excluding carboxylic acids is 1. The van der Waals surface area contributed by atoms with Crippen LogP contribution in [-0.2, 0) is 11.3 Å². The van der Waals surface area contributed by atoms with Gasteiger partial charge in [-0.1, -0.05) is 13.8 Å². The largest absolute Gasteiger partial charge is 0.350 e. The number of nitrogens with one attached hydrogen (secondary N) is 1. The molecule has 0 aliphatic rings. The molecule has 1 heterocycles. The SMILES string of the molecule is CC(C)CC(=O)NCc1nccs1. The fraction of sp³-hybridized carbons (Fsp3) is 0.556. The van der Waals surface area contributed by atoms with E-state index in [1.54, 1.807) is 17.5 Å². The number of carbonyl (C=O) groups is 1. The molecule has 0 unspecified atom stereocenters. The summed E-state index contributed by atoms with van der Waals surface area (Å²) in [5.74, 6) is 0.515. The highest BCUT2D eigenvalue weighted by Crippen LogP contribution is 2.03. The van der Waals surface area contributed by atoms with Gasteiger partial charge in [-0.2, -0.15) is 0 Å². The van der Waals surface area contributed by atoms with Gasteiger partial charge in [-0.05, 0) is 5.92 Å². The second-order valence-corrected chi connectivity index (χ2v) is 4.28. The van der Waals surface area contributed by atoms with Gasteiger partial charge < -0.3 is 5.32 Å². The Labute approximate surface area is 82.2 Å². The molecule has 4 heteroatoms. The quantitative estimate of drug-likeness (QED) is 0.801. The summed E-state index contributed by atoms with van der Waals surface area (Å²) in [6.07, 6.45) is 2.33. The summed E-state index contributed by atoms with van der Waals surface area (Å²) in [7, 11) is 0. The number of aromatic nitrogens is 1. The molecule has 0 saturated heterocycles. The summed E-state index contributed by atoms with van der Waals surface area (Å²) >= 11 is 1.56. The van der Waals surface area contributed by atoms with Crippen LogP contribution in [0.25, 0.3) is 0 Å². The Bertz CT molecular complexity index is 257. The van der Waals surface area contributed by atoms with Crippen molar-refractivity contribution in [3.05, 3.63) is 16.6 Å². The van der Waals surface area contributed by atoms with Crippen molar-refractivity contribution < 1.29 is 4.79 Å². The zero-order valence-corrected chi connectivity index (χ0v) is 8.73. The van der Waals surface area contributed by atoms with Gasteiger partial charge in [-0.25, -0.2) is 4.98 Å². The van der Waals surface area contributed by atoms with E-state index in [1.165, 1.54) is 0 Å². The lowest BCUT2D eigenvalue weighted by atomic mass is 10.1. The molecule has 0 fully saturated rings. The smallest absolute Gasteiger partial charge is 0.220 e. The molecular weight excluding hydrogens is 184 g/mol. The minimum atomic E-state index is 0.102. The first-order valence-corrected chi connectivity index (χ1v) is 5.21. The summed E-state index contributed by atoms with van der Waals surface area (Å²) in [5, 5.41) is 5.69. The van der Waals surface area contributed by atoms with Gasteiger partial charge in [0.1, 0.15) is 5.01 Å². The van der Waals surface area contributed by atoms with Crippen LogP contribution >= 0.6 is 11.3 Å². The van der Waals surface area contributed by atoms with Crippen molar-refractivity contribution in [2.75, 3.05) is 0 Å². The average Bonchev–Trinajstić information content (AvgIpc) is 2.51. The van der Waals surface area contributed by atoms with E-state index in [0.717, 1.165) is 5.01 Å². The van der Waals surface area contributed by atoms with Gasteiger partial charge in [0.05, 0.1) is 6.54 Å². The Morgan fingerprint density at radius 2 is 2.46 bits per heavy atom. The minimum absolute atomic E-state index is 0.102. The number of nitrogens with zero attached hydrogens (tertiary/aromatic N) is 1. The van der Waals surface area contributed by atoms with Crippen LogP contribution in [0.4, 0.5) is 0 Å². The van der Waals surface area contributed by atoms with Gasteiger partial charge in [-0.15, -0.1) is 11.3 Å². The number of amides is 1. The number of rotatable bonds is 4. The number of thiazole rings is 1. The van der Waals surface area contributed by atoms with Crippen LogP contribution in [0.1, 0.15) is 25.3 Å². The maximum absolute atomic E-state index is 11.2. The summed E-state index contributed by atoms with van der Waals surface area (Å²) in [5.41, 5.74) is 0. The molecule has 0 aliphatic heterocycles. The third kappa shape index (κ3) is 4.03. The van der Waals surface area contributed by atoms with Gasteiger partial charge in [0, 0.05) is 18.0 Å². The first-order valence-electron chi connectivity index (χ1n) is 4.33. The molecule has 1 aromatic rings. The monoisotopic (exact) mass is 198 g/mol. The summed E-state index contributed by atoms with van der Waals surface area (Å²) < 4.78 is 0. The highest BCUT2D eigenvalue weighted by molar-refractivity contribution is 7.09. The third-order valence-electron chi connectivity index (χ3n) is 1.51. The molecule has 1 amide bonds. The van der Waals surface area contributed by atoms with Crippen LogP contribution in [-0.4, -0.2) is 10.9 Å². The molecule has 72 valence electrons. The summed E-state index contributed by atoms with van der Waals surface area (Å²) in [6.45, 7) is 4.62. The Balaban J connectivity index is 2.23. The van der Waals surface area contributed by atoms with Crippen LogP contribution in [0.5, 0.6) is 0 Å². The molecule has 0 bridgehead atoms. The first-order chi connectivity index (χ1) is 6.18. The van der Waals surface area contributed by atoms with E-state index in [9.17, 15) is 4.79 Å². The fourth-order valence-corrected chi connectivity index (χ4v) is 1.51. The molecule has 0 atom stereocenters. The standard InChI is InChI=1S/C9H14N2OS/c1-7(2)5-8(12)11-6-9-10-3-4-13-9/h3-4,7H,5-6H2,1-2H3,(H,11,12). The Morgan fingerprint density at radius 1 is 1.69 bits per heavy atom. The molecule has 0 spiro atoms. The van der Waals surface area contributed by atoms with Crippen LogP contribution < -0.4 is 5.32 Å². The van der Waals surface area contributed by atoms with E-state index >= 15 is 0 Å². The number of hydrogen-bond acceptors (Lipinski definition) is 3. The van der Waals surface area contributed by atoms with E-state index in [1.807, 2.05) is 19.2 Å². The molecule has 0 saturated carbocycles. The normalized spacial score (nSPS) is 10.4. The zero-order chi connectivity index (χ0) is 9.68. The second kappa shape index (κ2) is 4.97. The van der Waals surface area contributed by atoms with Gasteiger partial charge in [-0.3, -0.25) is 4.79 Å². The molecule has 0 radical (unpaired) electrons. The summed E-state index contributed by atoms with van der Waals surface area (Å²) in [4.78, 5) is 15.3. The molecule has 1 rings (SSSR count). The average molecular weight is 198 g/mol. The molecule has 0 aromatic carbocycles. The topological polar surface area (TPSA) is 42.0 Å². The van der Waals surface area contributed by atoms with Crippen molar-refractivity contribution >= 4 is 17.2 Å². The van der Waals surface area contributed by atoms with Crippen LogP contribution in [0.15, 0.2) is 11.6 Å². The third-order valence-corrected chi connectivity index (χ3v) is 2.29. The van der Waals surface area contributed by atoms with E-state index in [-0.39, 0.29) is 5.91 Å². The second-order valence-electron chi connectivity index (χ2n) is 3.30. The molecule has 1 N–H and O–H groups in total. The van der Waals surface area contributed by atoms with Crippen molar-refractivity contribution in [2.45, 2.75) is 26.8 Å². The van der Waals surface area contributed by atoms with Gasteiger partial charge in [0.2, 0.25) is 5.91 Å². The lowest BCUT2D eigenvalue weighted by molar-refractivity contribution is -0.121. The first kappa shape index (κ1) is 10.2. The van der Waals surface area contributed by atoms with E-state index < -0.39 is 0 Å². The Kier molecular flexibility index (Phi) is 3.89. The van der Waals surface area contributed by atoms with Crippen molar-refractivity contribution in [1.82, 2.24) is 10.3 Å². The Hall–Kier alpha value is -0.900. The molecule has 0 aliphatic carbocycles. The van der Waals surface area contributed by atoms with Crippen molar-refractivity contribution in [3.8, 4) is 0 Å². The summed E-state index contributed by atoms with van der Waals surface area (Å²) in [6, 6.07) is 0. The number of hydrogen-bond donors (Lipinski definition) is 1. The molecule has 3 nitrogen and oxygen atoms in total. The molecule has 1 aromatic heterocycles. The van der Waals surface area contributed by atoms with Crippen LogP contribution in [0, 0.1) is 5.92 Å². The van der Waals surface area contributed by atoms with Crippen molar-refractivity contribution in [3.63, 3.8) is 0 Å². The van der Waals surface area contributed by atoms with Gasteiger partial charge in [0.25, 0.3) is 0 Å². The van der Waals surface area contributed by atoms with E-state index in [0.29, 0.717) is 18.9 Å². The molecular formula is C9H14N2OS.